The number of aryl methyl sites for hydroxylation is 1. The second-order valence-corrected chi connectivity index (χ2v) is 9.57. The number of anilines is 1. The number of benzene rings is 3. The highest BCUT2D eigenvalue weighted by Crippen LogP contribution is 2.39. The zero-order valence-corrected chi connectivity index (χ0v) is 22.9. The van der Waals surface area contributed by atoms with Gasteiger partial charge in [0.15, 0.2) is 23.0 Å². The molecule has 0 unspecified atom stereocenters. The third-order valence-corrected chi connectivity index (χ3v) is 6.76. The SMILES string of the molecule is CCOc1cc(/C=C2/C(=O)NC(=O)N(c3ccc(CC)cc3)C2=O)cc(Br)c1OCc1ccc2c(c1)OCO2. The highest BCUT2D eigenvalue weighted by Gasteiger charge is 2.37. The average Bonchev–Trinajstić information content (AvgIpc) is 3.39. The molecule has 1 N–H and O–H groups in total. The topological polar surface area (TPSA) is 103 Å². The zero-order valence-electron chi connectivity index (χ0n) is 21.3. The molecule has 3 aromatic rings. The molecule has 3 aromatic carbocycles. The van der Waals surface area contributed by atoms with Crippen LogP contribution in [0.5, 0.6) is 23.0 Å². The molecular weight excluding hydrogens is 568 g/mol. The Kier molecular flexibility index (Phi) is 7.56. The number of carbonyl (C=O) groups is 3. The van der Waals surface area contributed by atoms with Gasteiger partial charge in [-0.25, -0.2) is 9.69 Å². The summed E-state index contributed by atoms with van der Waals surface area (Å²) in [4.78, 5) is 39.5. The molecule has 0 bridgehead atoms. The fourth-order valence-electron chi connectivity index (χ4n) is 4.20. The highest BCUT2D eigenvalue weighted by atomic mass is 79.9. The molecular formula is C29H25BrN2O7. The van der Waals surface area contributed by atoms with Crippen LogP contribution in [0.2, 0.25) is 0 Å². The lowest BCUT2D eigenvalue weighted by molar-refractivity contribution is -0.122. The van der Waals surface area contributed by atoms with Crippen LogP contribution in [0.4, 0.5) is 10.5 Å². The fraction of sp³-hybridized carbons (Fsp3) is 0.207. The summed E-state index contributed by atoms with van der Waals surface area (Å²) in [5, 5.41) is 2.25. The van der Waals surface area contributed by atoms with Gasteiger partial charge in [-0.2, -0.15) is 0 Å². The lowest BCUT2D eigenvalue weighted by Gasteiger charge is -2.26. The van der Waals surface area contributed by atoms with Crippen LogP contribution in [0.15, 0.2) is 64.6 Å². The van der Waals surface area contributed by atoms with Crippen LogP contribution in [0, 0.1) is 0 Å². The number of ether oxygens (including phenoxy) is 4. The van der Waals surface area contributed by atoms with Crippen LogP contribution in [0.3, 0.4) is 0 Å². The third-order valence-electron chi connectivity index (χ3n) is 6.17. The standard InChI is InChI=1S/C29H25BrN2O7/c1-3-17-5-8-20(9-6-17)32-28(34)21(27(33)31-29(32)35)11-19-12-22(30)26(25(14-19)36-4-2)37-15-18-7-10-23-24(13-18)39-16-38-23/h5-14H,3-4,15-16H2,1-2H3,(H,31,33,35)/b21-11-. The van der Waals surface area contributed by atoms with Crippen molar-refractivity contribution >= 4 is 45.5 Å². The van der Waals surface area contributed by atoms with Crippen molar-refractivity contribution in [3.8, 4) is 23.0 Å². The van der Waals surface area contributed by atoms with Crippen LogP contribution < -0.4 is 29.2 Å². The fourth-order valence-corrected chi connectivity index (χ4v) is 4.77. The third kappa shape index (κ3) is 5.46. The summed E-state index contributed by atoms with van der Waals surface area (Å²) < 4.78 is 23.2. The van der Waals surface area contributed by atoms with Crippen molar-refractivity contribution in [1.29, 1.82) is 0 Å². The minimum Gasteiger partial charge on any atom is -0.490 e. The summed E-state index contributed by atoms with van der Waals surface area (Å²) in [6.07, 6.45) is 2.24. The first-order valence-corrected chi connectivity index (χ1v) is 13.1. The quantitative estimate of drug-likeness (QED) is 0.276. The maximum atomic E-state index is 13.3. The number of nitrogens with one attached hydrogen (secondary N) is 1. The normalized spacial score (nSPS) is 15.5. The molecule has 0 saturated carbocycles. The summed E-state index contributed by atoms with van der Waals surface area (Å²) in [5.74, 6) is 0.738. The summed E-state index contributed by atoms with van der Waals surface area (Å²) in [7, 11) is 0. The molecule has 0 aromatic heterocycles. The number of imide groups is 2. The maximum Gasteiger partial charge on any atom is 0.335 e. The summed E-state index contributed by atoms with van der Waals surface area (Å²) in [6, 6.07) is 15.2. The molecule has 200 valence electrons. The van der Waals surface area contributed by atoms with Crippen molar-refractivity contribution in [3.63, 3.8) is 0 Å². The number of rotatable bonds is 8. The first kappa shape index (κ1) is 26.3. The van der Waals surface area contributed by atoms with Gasteiger partial charge in [0.2, 0.25) is 6.79 Å². The van der Waals surface area contributed by atoms with E-state index in [9.17, 15) is 14.4 Å². The zero-order chi connectivity index (χ0) is 27.5. The molecule has 9 nitrogen and oxygen atoms in total. The predicted octanol–water partition coefficient (Wildman–Crippen LogP) is 5.38. The minimum atomic E-state index is -0.796. The van der Waals surface area contributed by atoms with E-state index in [-0.39, 0.29) is 19.0 Å². The molecule has 1 fully saturated rings. The van der Waals surface area contributed by atoms with E-state index in [1.54, 1.807) is 24.3 Å². The Morgan fingerprint density at radius 3 is 2.44 bits per heavy atom. The lowest BCUT2D eigenvalue weighted by atomic mass is 10.1. The van der Waals surface area contributed by atoms with Gasteiger partial charge in [-0.3, -0.25) is 14.9 Å². The van der Waals surface area contributed by atoms with Gasteiger partial charge in [0, 0.05) is 0 Å². The molecule has 39 heavy (non-hydrogen) atoms. The van der Waals surface area contributed by atoms with Gasteiger partial charge in [-0.05, 0) is 88.4 Å². The van der Waals surface area contributed by atoms with E-state index in [0.717, 1.165) is 22.4 Å². The second kappa shape index (κ2) is 11.2. The van der Waals surface area contributed by atoms with Crippen LogP contribution in [0.1, 0.15) is 30.5 Å². The number of nitrogens with zero attached hydrogens (tertiary/aromatic N) is 1. The average molecular weight is 593 g/mol. The molecule has 2 heterocycles. The van der Waals surface area contributed by atoms with Gasteiger partial charge in [0.05, 0.1) is 16.8 Å². The van der Waals surface area contributed by atoms with Gasteiger partial charge in [0.25, 0.3) is 11.8 Å². The van der Waals surface area contributed by atoms with E-state index in [1.165, 1.54) is 6.08 Å². The number of hydrogen-bond donors (Lipinski definition) is 1. The molecule has 4 amide bonds. The number of hydrogen-bond acceptors (Lipinski definition) is 7. The largest absolute Gasteiger partial charge is 0.490 e. The number of barbiturate groups is 1. The summed E-state index contributed by atoms with van der Waals surface area (Å²) in [6.45, 7) is 4.64. The molecule has 0 atom stereocenters. The maximum absolute atomic E-state index is 13.3. The number of carbonyl (C=O) groups excluding carboxylic acids is 3. The van der Waals surface area contributed by atoms with E-state index >= 15 is 0 Å². The summed E-state index contributed by atoms with van der Waals surface area (Å²) in [5.41, 5.74) is 2.63. The molecule has 0 radical (unpaired) electrons. The van der Waals surface area contributed by atoms with E-state index < -0.39 is 17.8 Å². The Balaban J connectivity index is 1.42. The molecule has 10 heteroatoms. The van der Waals surface area contributed by atoms with Crippen LogP contribution in [0.25, 0.3) is 6.08 Å². The van der Waals surface area contributed by atoms with Gasteiger partial charge in [-0.1, -0.05) is 25.1 Å². The van der Waals surface area contributed by atoms with Gasteiger partial charge in [-0.15, -0.1) is 0 Å². The van der Waals surface area contributed by atoms with Gasteiger partial charge >= 0.3 is 6.03 Å². The Bertz CT molecular complexity index is 1480. The van der Waals surface area contributed by atoms with Crippen molar-refractivity contribution in [2.75, 3.05) is 18.3 Å². The predicted molar refractivity (Wildman–Crippen MR) is 147 cm³/mol. The van der Waals surface area contributed by atoms with Crippen molar-refractivity contribution in [2.24, 2.45) is 0 Å². The molecule has 0 spiro atoms. The van der Waals surface area contributed by atoms with Gasteiger partial charge < -0.3 is 18.9 Å². The van der Waals surface area contributed by atoms with Crippen molar-refractivity contribution in [1.82, 2.24) is 5.32 Å². The van der Waals surface area contributed by atoms with E-state index in [1.807, 2.05) is 44.2 Å². The minimum absolute atomic E-state index is 0.183. The highest BCUT2D eigenvalue weighted by molar-refractivity contribution is 9.10. The molecule has 1 saturated heterocycles. The number of halogens is 1. The van der Waals surface area contributed by atoms with Crippen molar-refractivity contribution in [2.45, 2.75) is 26.9 Å². The number of fused-ring (bicyclic) bond motifs is 1. The van der Waals surface area contributed by atoms with E-state index in [0.29, 0.717) is 45.3 Å². The first-order valence-electron chi connectivity index (χ1n) is 12.4. The van der Waals surface area contributed by atoms with Crippen LogP contribution in [-0.2, 0) is 22.6 Å². The molecule has 0 aliphatic carbocycles. The monoisotopic (exact) mass is 592 g/mol. The molecule has 2 aliphatic heterocycles. The van der Waals surface area contributed by atoms with Crippen LogP contribution >= 0.6 is 15.9 Å². The number of amides is 4. The molecule has 2 aliphatic rings. The van der Waals surface area contributed by atoms with Crippen molar-refractivity contribution in [3.05, 3.63) is 81.3 Å². The van der Waals surface area contributed by atoms with Crippen molar-refractivity contribution < 1.29 is 33.3 Å². The Morgan fingerprint density at radius 1 is 0.949 bits per heavy atom. The summed E-state index contributed by atoms with van der Waals surface area (Å²) >= 11 is 3.53. The molecule has 5 rings (SSSR count). The Hall–Kier alpha value is -4.31. The number of urea groups is 1. The lowest BCUT2D eigenvalue weighted by Crippen LogP contribution is -2.54. The van der Waals surface area contributed by atoms with Gasteiger partial charge in [0.1, 0.15) is 12.2 Å². The second-order valence-electron chi connectivity index (χ2n) is 8.72. The van der Waals surface area contributed by atoms with E-state index in [4.69, 9.17) is 18.9 Å². The smallest absolute Gasteiger partial charge is 0.335 e. The Morgan fingerprint density at radius 2 is 1.69 bits per heavy atom. The Labute approximate surface area is 233 Å². The first-order chi connectivity index (χ1) is 18.9. The van der Waals surface area contributed by atoms with E-state index in [2.05, 4.69) is 21.2 Å². The van der Waals surface area contributed by atoms with Crippen LogP contribution in [-0.4, -0.2) is 31.2 Å².